The molecule has 0 aliphatic rings. The van der Waals surface area contributed by atoms with Gasteiger partial charge in [0.25, 0.3) is 0 Å². The highest BCUT2D eigenvalue weighted by Gasteiger charge is 2.08. The van der Waals surface area contributed by atoms with Crippen LogP contribution >= 0.6 is 0 Å². The van der Waals surface area contributed by atoms with Gasteiger partial charge < -0.3 is 14.6 Å². The average molecular weight is 197 g/mol. The summed E-state index contributed by atoms with van der Waals surface area (Å²) in [6, 6.07) is 0. The highest BCUT2D eigenvalue weighted by Crippen LogP contribution is 2.06. The number of hydrogen-bond acceptors (Lipinski definition) is 3. The topological polar surface area (TPSA) is 39.1 Å². The summed E-state index contributed by atoms with van der Waals surface area (Å²) in [5, 5.41) is 3.13. The Labute approximate surface area is 85.3 Å². The molecule has 0 spiro atoms. The molecule has 0 fully saturated rings. The highest BCUT2D eigenvalue weighted by molar-refractivity contribution is 5.04. The third kappa shape index (κ3) is 2.56. The first kappa shape index (κ1) is 11.2. The predicted octanol–water partition coefficient (Wildman–Crippen LogP) is 0.946. The van der Waals surface area contributed by atoms with Crippen LogP contribution in [0.5, 0.6) is 0 Å². The van der Waals surface area contributed by atoms with Crippen LogP contribution in [0.25, 0.3) is 0 Å². The van der Waals surface area contributed by atoms with Gasteiger partial charge in [0.2, 0.25) is 0 Å². The molecule has 1 unspecified atom stereocenters. The maximum atomic E-state index is 5.24. The number of nitrogens with one attached hydrogen (secondary N) is 1. The molecule has 1 rings (SSSR count). The van der Waals surface area contributed by atoms with Crippen molar-refractivity contribution in [2.45, 2.75) is 33.0 Å². The lowest BCUT2D eigenvalue weighted by molar-refractivity contribution is 0.102. The van der Waals surface area contributed by atoms with Crippen molar-refractivity contribution >= 4 is 0 Å². The van der Waals surface area contributed by atoms with Crippen molar-refractivity contribution in [3.63, 3.8) is 0 Å². The third-order valence-electron chi connectivity index (χ3n) is 2.34. The van der Waals surface area contributed by atoms with Crippen LogP contribution in [-0.4, -0.2) is 29.8 Å². The molecule has 0 radical (unpaired) electrons. The minimum Gasteiger partial charge on any atom is -0.380 e. The van der Waals surface area contributed by atoms with E-state index in [1.54, 1.807) is 7.11 Å². The molecule has 14 heavy (non-hydrogen) atoms. The molecular formula is C10H19N3O. The van der Waals surface area contributed by atoms with Crippen molar-refractivity contribution in [1.82, 2.24) is 14.9 Å². The normalized spacial score (nSPS) is 13.1. The van der Waals surface area contributed by atoms with E-state index in [4.69, 9.17) is 4.74 Å². The molecule has 4 nitrogen and oxygen atoms in total. The van der Waals surface area contributed by atoms with Gasteiger partial charge in [0.1, 0.15) is 5.82 Å². The van der Waals surface area contributed by atoms with Gasteiger partial charge in [-0.3, -0.25) is 0 Å². The van der Waals surface area contributed by atoms with Gasteiger partial charge in [-0.2, -0.15) is 0 Å². The second-order valence-corrected chi connectivity index (χ2v) is 3.48. The summed E-state index contributed by atoms with van der Waals surface area (Å²) >= 11 is 0. The summed E-state index contributed by atoms with van der Waals surface area (Å²) in [5.41, 5.74) is 1.20. The van der Waals surface area contributed by atoms with Gasteiger partial charge >= 0.3 is 0 Å². The molecular weight excluding hydrogens is 178 g/mol. The first-order valence-corrected chi connectivity index (χ1v) is 4.87. The highest BCUT2D eigenvalue weighted by atomic mass is 16.5. The lowest BCUT2D eigenvalue weighted by Gasteiger charge is -2.14. The molecule has 1 heterocycles. The molecule has 1 aromatic heterocycles. The van der Waals surface area contributed by atoms with Crippen molar-refractivity contribution in [1.29, 1.82) is 0 Å². The fourth-order valence-corrected chi connectivity index (χ4v) is 1.42. The smallest absolute Gasteiger partial charge is 0.105 e. The molecule has 0 aliphatic heterocycles. The molecule has 4 heteroatoms. The molecule has 0 amide bonds. The van der Waals surface area contributed by atoms with Gasteiger partial charge in [0.15, 0.2) is 0 Å². The Morgan fingerprint density at radius 2 is 2.36 bits per heavy atom. The number of imidazole rings is 1. The zero-order valence-electron chi connectivity index (χ0n) is 9.37. The summed E-state index contributed by atoms with van der Waals surface area (Å²) in [6.45, 7) is 5.78. The molecule has 80 valence electrons. The van der Waals surface area contributed by atoms with Gasteiger partial charge in [0, 0.05) is 19.9 Å². The van der Waals surface area contributed by atoms with E-state index in [9.17, 15) is 0 Å². The van der Waals surface area contributed by atoms with Crippen LogP contribution in [0, 0.1) is 6.92 Å². The second-order valence-electron chi connectivity index (χ2n) is 3.48. The second kappa shape index (κ2) is 5.12. The van der Waals surface area contributed by atoms with Gasteiger partial charge in [-0.15, -0.1) is 0 Å². The first-order valence-electron chi connectivity index (χ1n) is 4.87. The molecule has 0 aliphatic carbocycles. The fraction of sp³-hybridized carbons (Fsp3) is 0.700. The lowest BCUT2D eigenvalue weighted by atomic mass is 10.3. The minimum atomic E-state index is 0.221. The number of aromatic nitrogens is 2. The lowest BCUT2D eigenvalue weighted by Crippen LogP contribution is -2.19. The molecule has 1 N–H and O–H groups in total. The van der Waals surface area contributed by atoms with E-state index in [1.807, 2.05) is 20.2 Å². The summed E-state index contributed by atoms with van der Waals surface area (Å²) in [4.78, 5) is 4.29. The maximum Gasteiger partial charge on any atom is 0.105 e. The van der Waals surface area contributed by atoms with Crippen LogP contribution in [0.2, 0.25) is 0 Å². The Morgan fingerprint density at radius 3 is 2.93 bits per heavy atom. The fourth-order valence-electron chi connectivity index (χ4n) is 1.42. The Hall–Kier alpha value is -0.870. The van der Waals surface area contributed by atoms with Crippen LogP contribution in [0.4, 0.5) is 0 Å². The Balaban J connectivity index is 2.76. The first-order chi connectivity index (χ1) is 6.69. The van der Waals surface area contributed by atoms with Gasteiger partial charge in [-0.05, 0) is 20.9 Å². The number of hydrogen-bond donors (Lipinski definition) is 1. The number of nitrogens with zero attached hydrogens (tertiary/aromatic N) is 2. The molecule has 0 saturated heterocycles. The number of ether oxygens (including phenoxy) is 1. The van der Waals surface area contributed by atoms with Crippen molar-refractivity contribution in [3.8, 4) is 0 Å². The Morgan fingerprint density at radius 1 is 1.64 bits per heavy atom. The van der Waals surface area contributed by atoms with Crippen molar-refractivity contribution in [2.75, 3.05) is 14.2 Å². The zero-order chi connectivity index (χ0) is 10.6. The number of rotatable bonds is 5. The summed E-state index contributed by atoms with van der Waals surface area (Å²) in [7, 11) is 3.67. The standard InChI is InChI=1S/C10H19N3O/c1-8(14-4)7-13-9(2)12-6-10(13)5-11-3/h6,8,11H,5,7H2,1-4H3. The molecule has 0 aromatic carbocycles. The maximum absolute atomic E-state index is 5.24. The van der Waals surface area contributed by atoms with E-state index in [-0.39, 0.29) is 6.10 Å². The van der Waals surface area contributed by atoms with Crippen LogP contribution in [0.1, 0.15) is 18.4 Å². The predicted molar refractivity (Wildman–Crippen MR) is 56.2 cm³/mol. The zero-order valence-corrected chi connectivity index (χ0v) is 9.37. The van der Waals surface area contributed by atoms with E-state index < -0.39 is 0 Å². The van der Waals surface area contributed by atoms with Crippen LogP contribution in [-0.2, 0) is 17.8 Å². The van der Waals surface area contributed by atoms with E-state index in [0.717, 1.165) is 18.9 Å². The summed E-state index contributed by atoms with van der Waals surface area (Å²) < 4.78 is 7.43. The van der Waals surface area contributed by atoms with E-state index in [1.165, 1.54) is 5.69 Å². The average Bonchev–Trinajstić information content (AvgIpc) is 2.50. The van der Waals surface area contributed by atoms with E-state index in [2.05, 4.69) is 21.8 Å². The van der Waals surface area contributed by atoms with Crippen LogP contribution in [0.3, 0.4) is 0 Å². The van der Waals surface area contributed by atoms with Crippen LogP contribution < -0.4 is 5.32 Å². The van der Waals surface area contributed by atoms with Gasteiger partial charge in [-0.25, -0.2) is 4.98 Å². The van der Waals surface area contributed by atoms with Gasteiger partial charge in [0.05, 0.1) is 18.3 Å². The number of methoxy groups -OCH3 is 1. The summed E-state index contributed by atoms with van der Waals surface area (Å²) in [6.07, 6.45) is 2.13. The number of aryl methyl sites for hydroxylation is 1. The molecule has 1 aromatic rings. The van der Waals surface area contributed by atoms with E-state index >= 15 is 0 Å². The molecule has 0 bridgehead atoms. The van der Waals surface area contributed by atoms with Crippen molar-refractivity contribution in [2.24, 2.45) is 0 Å². The minimum absolute atomic E-state index is 0.221. The SMILES string of the molecule is CNCc1cnc(C)n1CC(C)OC. The van der Waals surface area contributed by atoms with E-state index in [0.29, 0.717) is 0 Å². The molecule has 0 saturated carbocycles. The summed E-state index contributed by atoms with van der Waals surface area (Å²) in [5.74, 6) is 1.04. The van der Waals surface area contributed by atoms with Crippen molar-refractivity contribution < 1.29 is 4.74 Å². The largest absolute Gasteiger partial charge is 0.380 e. The monoisotopic (exact) mass is 197 g/mol. The van der Waals surface area contributed by atoms with Crippen molar-refractivity contribution in [3.05, 3.63) is 17.7 Å². The Bertz CT molecular complexity index is 283. The Kier molecular flexibility index (Phi) is 4.10. The van der Waals surface area contributed by atoms with Gasteiger partial charge in [-0.1, -0.05) is 0 Å². The molecule has 1 atom stereocenters. The van der Waals surface area contributed by atoms with Crippen LogP contribution in [0.15, 0.2) is 6.20 Å². The quantitative estimate of drug-likeness (QED) is 0.763. The third-order valence-corrected chi connectivity index (χ3v) is 2.34.